The van der Waals surface area contributed by atoms with Crippen LogP contribution in [0.5, 0.6) is 0 Å². The fourth-order valence-electron chi connectivity index (χ4n) is 2.07. The molecule has 1 aromatic rings. The molecule has 13 heavy (non-hydrogen) atoms. The second-order valence-corrected chi connectivity index (χ2v) is 5.65. The van der Waals surface area contributed by atoms with Gasteiger partial charge in [0.25, 0.3) is 0 Å². The Morgan fingerprint density at radius 2 is 2.38 bits per heavy atom. The molecule has 1 N–H and O–H groups in total. The lowest BCUT2D eigenvalue weighted by atomic mass is 9.95. The molecule has 1 nitrogen and oxygen atoms in total. The van der Waals surface area contributed by atoms with Crippen molar-refractivity contribution in [3.63, 3.8) is 0 Å². The molecule has 72 valence electrons. The second-order valence-electron chi connectivity index (χ2n) is 4.28. The smallest absolute Gasteiger partial charge is 0.0201 e. The number of hydrogen-bond acceptors (Lipinski definition) is 2. The molecule has 0 bridgehead atoms. The first-order valence-electron chi connectivity index (χ1n) is 4.98. The lowest BCUT2D eigenvalue weighted by molar-refractivity contribution is 0.415. The van der Waals surface area contributed by atoms with Gasteiger partial charge in [0.05, 0.1) is 0 Å². The SMILES string of the molecule is Cc1ccc(CC2(C)CCCN2)s1. The quantitative estimate of drug-likeness (QED) is 0.765. The molecular weight excluding hydrogens is 178 g/mol. The van der Waals surface area contributed by atoms with Gasteiger partial charge in [-0.25, -0.2) is 0 Å². The van der Waals surface area contributed by atoms with Gasteiger partial charge in [-0.1, -0.05) is 0 Å². The topological polar surface area (TPSA) is 12.0 Å². The monoisotopic (exact) mass is 195 g/mol. The molecule has 2 heterocycles. The van der Waals surface area contributed by atoms with Crippen LogP contribution in [0, 0.1) is 6.92 Å². The minimum absolute atomic E-state index is 0.372. The van der Waals surface area contributed by atoms with E-state index in [1.165, 1.54) is 35.6 Å². The Morgan fingerprint density at radius 1 is 1.54 bits per heavy atom. The van der Waals surface area contributed by atoms with Crippen LogP contribution in [-0.2, 0) is 6.42 Å². The Balaban J connectivity index is 2.04. The van der Waals surface area contributed by atoms with Gasteiger partial charge in [-0.3, -0.25) is 0 Å². The summed E-state index contributed by atoms with van der Waals surface area (Å²) in [5.41, 5.74) is 0.372. The first kappa shape index (κ1) is 9.22. The van der Waals surface area contributed by atoms with E-state index in [2.05, 4.69) is 31.3 Å². The van der Waals surface area contributed by atoms with Crippen LogP contribution < -0.4 is 5.32 Å². The summed E-state index contributed by atoms with van der Waals surface area (Å²) in [6.07, 6.45) is 3.86. The van der Waals surface area contributed by atoms with Crippen molar-refractivity contribution >= 4 is 11.3 Å². The third kappa shape index (κ3) is 2.12. The summed E-state index contributed by atoms with van der Waals surface area (Å²) in [6, 6.07) is 4.49. The third-order valence-corrected chi connectivity index (χ3v) is 3.82. The van der Waals surface area contributed by atoms with Crippen LogP contribution in [0.1, 0.15) is 29.5 Å². The Kier molecular flexibility index (Phi) is 2.43. The zero-order valence-corrected chi connectivity index (χ0v) is 9.21. The third-order valence-electron chi connectivity index (χ3n) is 2.82. The molecule has 0 spiro atoms. The predicted octanol–water partition coefficient (Wildman–Crippen LogP) is 2.74. The standard InChI is InChI=1S/C11H17NS/c1-9-4-5-10(13-9)8-11(2)6-3-7-12-11/h4-5,12H,3,6-8H2,1-2H3. The summed E-state index contributed by atoms with van der Waals surface area (Å²) in [5.74, 6) is 0. The van der Waals surface area contributed by atoms with Crippen LogP contribution in [0.3, 0.4) is 0 Å². The highest BCUT2D eigenvalue weighted by Crippen LogP contribution is 2.26. The van der Waals surface area contributed by atoms with E-state index in [0.29, 0.717) is 5.54 Å². The van der Waals surface area contributed by atoms with Crippen LogP contribution in [0.4, 0.5) is 0 Å². The maximum absolute atomic E-state index is 3.60. The maximum atomic E-state index is 3.60. The molecule has 1 aromatic heterocycles. The van der Waals surface area contributed by atoms with Crippen molar-refractivity contribution < 1.29 is 0 Å². The Hall–Kier alpha value is -0.340. The molecule has 0 aromatic carbocycles. The van der Waals surface area contributed by atoms with E-state index in [-0.39, 0.29) is 0 Å². The Morgan fingerprint density at radius 3 is 2.92 bits per heavy atom. The van der Waals surface area contributed by atoms with Gasteiger partial charge in [0.2, 0.25) is 0 Å². The van der Waals surface area contributed by atoms with E-state index < -0.39 is 0 Å². The van der Waals surface area contributed by atoms with Crippen molar-refractivity contribution in [3.05, 3.63) is 21.9 Å². The number of aryl methyl sites for hydroxylation is 1. The lowest BCUT2D eigenvalue weighted by Gasteiger charge is -2.23. The first-order chi connectivity index (χ1) is 6.18. The van der Waals surface area contributed by atoms with Crippen molar-refractivity contribution in [2.24, 2.45) is 0 Å². The highest BCUT2D eigenvalue weighted by Gasteiger charge is 2.28. The van der Waals surface area contributed by atoms with Crippen LogP contribution in [0.15, 0.2) is 12.1 Å². The Bertz CT molecular complexity index is 284. The van der Waals surface area contributed by atoms with E-state index in [0.717, 1.165) is 0 Å². The minimum atomic E-state index is 0.372. The molecule has 1 aliphatic rings. The van der Waals surface area contributed by atoms with Crippen LogP contribution >= 0.6 is 11.3 Å². The number of nitrogens with one attached hydrogen (secondary N) is 1. The van der Waals surface area contributed by atoms with E-state index in [9.17, 15) is 0 Å². The Labute approximate surface area is 84.2 Å². The summed E-state index contributed by atoms with van der Waals surface area (Å²) < 4.78 is 0. The molecule has 0 amide bonds. The van der Waals surface area contributed by atoms with Crippen LogP contribution in [-0.4, -0.2) is 12.1 Å². The molecule has 1 fully saturated rings. The molecule has 2 rings (SSSR count). The molecule has 1 saturated heterocycles. The number of rotatable bonds is 2. The summed E-state index contributed by atoms with van der Waals surface area (Å²) in [6.45, 7) is 5.72. The average molecular weight is 195 g/mol. The van der Waals surface area contributed by atoms with Gasteiger partial charge in [0.15, 0.2) is 0 Å². The van der Waals surface area contributed by atoms with E-state index >= 15 is 0 Å². The molecule has 2 heteroatoms. The van der Waals surface area contributed by atoms with Gasteiger partial charge in [-0.15, -0.1) is 11.3 Å². The molecule has 0 aliphatic carbocycles. The first-order valence-corrected chi connectivity index (χ1v) is 5.80. The number of hydrogen-bond donors (Lipinski definition) is 1. The van der Waals surface area contributed by atoms with Crippen molar-refractivity contribution in [3.8, 4) is 0 Å². The average Bonchev–Trinajstić information content (AvgIpc) is 2.62. The maximum Gasteiger partial charge on any atom is 0.0201 e. The normalized spacial score (nSPS) is 28.2. The number of thiophene rings is 1. The fraction of sp³-hybridized carbons (Fsp3) is 0.636. The highest BCUT2D eigenvalue weighted by molar-refractivity contribution is 7.11. The van der Waals surface area contributed by atoms with Gasteiger partial charge in [0.1, 0.15) is 0 Å². The molecule has 1 atom stereocenters. The summed E-state index contributed by atoms with van der Waals surface area (Å²) in [5, 5.41) is 3.60. The van der Waals surface area contributed by atoms with Crippen molar-refractivity contribution in [1.82, 2.24) is 5.32 Å². The van der Waals surface area contributed by atoms with Crippen LogP contribution in [0.25, 0.3) is 0 Å². The largest absolute Gasteiger partial charge is 0.311 e. The highest BCUT2D eigenvalue weighted by atomic mass is 32.1. The van der Waals surface area contributed by atoms with Gasteiger partial charge < -0.3 is 5.32 Å². The second kappa shape index (κ2) is 3.43. The molecule has 0 radical (unpaired) electrons. The fourth-order valence-corrected chi connectivity index (χ4v) is 3.15. The van der Waals surface area contributed by atoms with Crippen molar-refractivity contribution in [2.75, 3.05) is 6.54 Å². The molecule has 1 aliphatic heterocycles. The van der Waals surface area contributed by atoms with E-state index in [4.69, 9.17) is 0 Å². The van der Waals surface area contributed by atoms with Crippen molar-refractivity contribution in [2.45, 2.75) is 38.6 Å². The van der Waals surface area contributed by atoms with Gasteiger partial charge in [-0.2, -0.15) is 0 Å². The van der Waals surface area contributed by atoms with Gasteiger partial charge >= 0.3 is 0 Å². The minimum Gasteiger partial charge on any atom is -0.311 e. The lowest BCUT2D eigenvalue weighted by Crippen LogP contribution is -2.38. The van der Waals surface area contributed by atoms with Gasteiger partial charge in [0, 0.05) is 15.3 Å². The van der Waals surface area contributed by atoms with Gasteiger partial charge in [-0.05, 0) is 51.8 Å². The zero-order valence-electron chi connectivity index (χ0n) is 8.39. The van der Waals surface area contributed by atoms with Crippen molar-refractivity contribution in [1.29, 1.82) is 0 Å². The summed E-state index contributed by atoms with van der Waals surface area (Å²) >= 11 is 1.93. The molecular formula is C11H17NS. The molecule has 1 unspecified atom stereocenters. The summed E-state index contributed by atoms with van der Waals surface area (Å²) in [4.78, 5) is 2.95. The van der Waals surface area contributed by atoms with E-state index in [1.54, 1.807) is 0 Å². The summed E-state index contributed by atoms with van der Waals surface area (Å²) in [7, 11) is 0. The zero-order chi connectivity index (χ0) is 9.31. The molecule has 0 saturated carbocycles. The van der Waals surface area contributed by atoms with Crippen LogP contribution in [0.2, 0.25) is 0 Å². The van der Waals surface area contributed by atoms with E-state index in [1.807, 2.05) is 11.3 Å². The predicted molar refractivity (Wildman–Crippen MR) is 58.4 cm³/mol.